The van der Waals surface area contributed by atoms with E-state index in [0.717, 1.165) is 24.6 Å². The second-order valence-corrected chi connectivity index (χ2v) is 5.60. The van der Waals surface area contributed by atoms with E-state index < -0.39 is 0 Å². The van der Waals surface area contributed by atoms with Gasteiger partial charge in [0, 0.05) is 18.4 Å². The van der Waals surface area contributed by atoms with E-state index >= 15 is 0 Å². The number of aromatic nitrogens is 2. The summed E-state index contributed by atoms with van der Waals surface area (Å²) in [5.41, 5.74) is 5.74. The van der Waals surface area contributed by atoms with E-state index in [1.807, 2.05) is 6.92 Å². The number of hydrogen-bond donors (Lipinski definition) is 1. The van der Waals surface area contributed by atoms with E-state index in [-0.39, 0.29) is 6.04 Å². The Hall–Kier alpha value is -0.900. The average Bonchev–Trinajstić information content (AvgIpc) is 2.74. The van der Waals surface area contributed by atoms with E-state index in [0.29, 0.717) is 5.92 Å². The lowest BCUT2D eigenvalue weighted by Gasteiger charge is -2.15. The van der Waals surface area contributed by atoms with Crippen LogP contribution < -0.4 is 5.73 Å². The molecule has 18 heavy (non-hydrogen) atoms. The third kappa shape index (κ3) is 4.09. The summed E-state index contributed by atoms with van der Waals surface area (Å²) in [6.07, 6.45) is 10.8. The van der Waals surface area contributed by atoms with Crippen molar-refractivity contribution in [3.63, 3.8) is 0 Å². The summed E-state index contributed by atoms with van der Waals surface area (Å²) in [7, 11) is 0. The molecule has 0 spiro atoms. The Kier molecular flexibility index (Phi) is 5.17. The summed E-state index contributed by atoms with van der Waals surface area (Å²) < 4.78 is 5.32. The molecule has 0 aromatic carbocycles. The normalized spacial score (nSPS) is 20.3. The molecular weight excluding hydrogens is 226 g/mol. The largest absolute Gasteiger partial charge is 0.339 e. The fourth-order valence-corrected chi connectivity index (χ4v) is 2.60. The number of aryl methyl sites for hydroxylation is 1. The molecule has 0 amide bonds. The molecule has 4 heteroatoms. The molecule has 1 unspecified atom stereocenters. The Balaban J connectivity index is 1.90. The molecule has 1 saturated carbocycles. The quantitative estimate of drug-likeness (QED) is 0.892. The SMILES string of the molecule is CC(N)CCc1nc(C2CCCCCCC2)no1. The Morgan fingerprint density at radius 1 is 1.22 bits per heavy atom. The van der Waals surface area contributed by atoms with Crippen LogP contribution in [0.3, 0.4) is 0 Å². The minimum atomic E-state index is 0.196. The van der Waals surface area contributed by atoms with Crippen LogP contribution in [0.4, 0.5) is 0 Å². The monoisotopic (exact) mass is 251 g/mol. The maximum atomic E-state index is 5.74. The molecule has 0 saturated heterocycles. The molecule has 0 radical (unpaired) electrons. The number of nitrogens with two attached hydrogens (primary N) is 1. The molecule has 1 aliphatic carbocycles. The molecule has 1 fully saturated rings. The summed E-state index contributed by atoms with van der Waals surface area (Å²) in [4.78, 5) is 4.54. The first-order valence-corrected chi connectivity index (χ1v) is 7.34. The lowest BCUT2D eigenvalue weighted by atomic mass is 9.91. The van der Waals surface area contributed by atoms with Crippen LogP contribution >= 0.6 is 0 Å². The highest BCUT2D eigenvalue weighted by Gasteiger charge is 2.19. The van der Waals surface area contributed by atoms with Crippen molar-refractivity contribution in [1.29, 1.82) is 0 Å². The van der Waals surface area contributed by atoms with Gasteiger partial charge in [-0.2, -0.15) is 4.98 Å². The number of nitrogens with zero attached hydrogens (tertiary/aromatic N) is 2. The highest BCUT2D eigenvalue weighted by molar-refractivity contribution is 4.96. The molecule has 2 N–H and O–H groups in total. The molecular formula is C14H25N3O. The van der Waals surface area contributed by atoms with Crippen molar-refractivity contribution < 1.29 is 4.52 Å². The third-order valence-corrected chi connectivity index (χ3v) is 3.77. The fraction of sp³-hybridized carbons (Fsp3) is 0.857. The minimum Gasteiger partial charge on any atom is -0.339 e. The van der Waals surface area contributed by atoms with Gasteiger partial charge >= 0.3 is 0 Å². The molecule has 102 valence electrons. The summed E-state index contributed by atoms with van der Waals surface area (Å²) in [6.45, 7) is 2.01. The highest BCUT2D eigenvalue weighted by Crippen LogP contribution is 2.29. The standard InChI is InChI=1S/C14H25N3O/c1-11(15)9-10-13-16-14(17-18-13)12-7-5-3-2-4-6-8-12/h11-12H,2-10,15H2,1H3. The van der Waals surface area contributed by atoms with Gasteiger partial charge in [-0.1, -0.05) is 37.3 Å². The predicted octanol–water partition coefficient (Wildman–Crippen LogP) is 3.18. The maximum Gasteiger partial charge on any atom is 0.226 e. The van der Waals surface area contributed by atoms with Crippen LogP contribution in [0.1, 0.15) is 75.9 Å². The van der Waals surface area contributed by atoms with Gasteiger partial charge in [0.05, 0.1) is 0 Å². The van der Waals surface area contributed by atoms with Crippen LogP contribution in [0.2, 0.25) is 0 Å². The van der Waals surface area contributed by atoms with E-state index in [1.165, 1.54) is 44.9 Å². The van der Waals surface area contributed by atoms with Crippen LogP contribution in [0, 0.1) is 0 Å². The Morgan fingerprint density at radius 2 is 1.89 bits per heavy atom. The van der Waals surface area contributed by atoms with Crippen molar-refractivity contribution in [1.82, 2.24) is 10.1 Å². The van der Waals surface area contributed by atoms with Crippen LogP contribution in [-0.2, 0) is 6.42 Å². The molecule has 1 aromatic rings. The van der Waals surface area contributed by atoms with E-state index in [9.17, 15) is 0 Å². The fourth-order valence-electron chi connectivity index (χ4n) is 2.60. The zero-order chi connectivity index (χ0) is 12.8. The molecule has 1 aliphatic rings. The van der Waals surface area contributed by atoms with Crippen molar-refractivity contribution in [2.45, 2.75) is 76.7 Å². The topological polar surface area (TPSA) is 64.9 Å². The lowest BCUT2D eigenvalue weighted by molar-refractivity contribution is 0.357. The predicted molar refractivity (Wildman–Crippen MR) is 71.3 cm³/mol. The van der Waals surface area contributed by atoms with Gasteiger partial charge < -0.3 is 10.3 Å². The Labute approximate surface area is 109 Å². The second kappa shape index (κ2) is 6.88. The second-order valence-electron chi connectivity index (χ2n) is 5.60. The van der Waals surface area contributed by atoms with Crippen LogP contribution in [0.25, 0.3) is 0 Å². The van der Waals surface area contributed by atoms with Crippen molar-refractivity contribution in [3.05, 3.63) is 11.7 Å². The van der Waals surface area contributed by atoms with Crippen LogP contribution in [0.15, 0.2) is 4.52 Å². The Morgan fingerprint density at radius 3 is 2.56 bits per heavy atom. The molecule has 2 rings (SSSR count). The van der Waals surface area contributed by atoms with Gasteiger partial charge in [-0.15, -0.1) is 0 Å². The summed E-state index contributed by atoms with van der Waals surface area (Å²) in [6, 6.07) is 0.196. The zero-order valence-corrected chi connectivity index (χ0v) is 11.4. The van der Waals surface area contributed by atoms with Gasteiger partial charge in [0.15, 0.2) is 5.82 Å². The summed E-state index contributed by atoms with van der Waals surface area (Å²) >= 11 is 0. The molecule has 1 heterocycles. The van der Waals surface area contributed by atoms with Crippen molar-refractivity contribution in [3.8, 4) is 0 Å². The van der Waals surface area contributed by atoms with Crippen LogP contribution in [-0.4, -0.2) is 16.2 Å². The van der Waals surface area contributed by atoms with Crippen LogP contribution in [0.5, 0.6) is 0 Å². The minimum absolute atomic E-state index is 0.196. The van der Waals surface area contributed by atoms with E-state index in [2.05, 4.69) is 10.1 Å². The molecule has 4 nitrogen and oxygen atoms in total. The maximum absolute atomic E-state index is 5.74. The zero-order valence-electron chi connectivity index (χ0n) is 11.4. The van der Waals surface area contributed by atoms with Crippen molar-refractivity contribution in [2.24, 2.45) is 5.73 Å². The first kappa shape index (κ1) is 13.5. The van der Waals surface area contributed by atoms with Gasteiger partial charge in [0.25, 0.3) is 0 Å². The molecule has 0 aliphatic heterocycles. The van der Waals surface area contributed by atoms with Gasteiger partial charge in [-0.25, -0.2) is 0 Å². The molecule has 1 aromatic heterocycles. The van der Waals surface area contributed by atoms with E-state index in [4.69, 9.17) is 10.3 Å². The van der Waals surface area contributed by atoms with Gasteiger partial charge in [0.2, 0.25) is 5.89 Å². The van der Waals surface area contributed by atoms with Crippen molar-refractivity contribution in [2.75, 3.05) is 0 Å². The van der Waals surface area contributed by atoms with Gasteiger partial charge in [0.1, 0.15) is 0 Å². The lowest BCUT2D eigenvalue weighted by Crippen LogP contribution is -2.15. The van der Waals surface area contributed by atoms with E-state index in [1.54, 1.807) is 0 Å². The van der Waals surface area contributed by atoms with Crippen molar-refractivity contribution >= 4 is 0 Å². The first-order valence-electron chi connectivity index (χ1n) is 7.34. The third-order valence-electron chi connectivity index (χ3n) is 3.77. The smallest absolute Gasteiger partial charge is 0.226 e. The summed E-state index contributed by atoms with van der Waals surface area (Å²) in [5, 5.41) is 4.16. The van der Waals surface area contributed by atoms with Gasteiger partial charge in [-0.05, 0) is 26.2 Å². The number of hydrogen-bond acceptors (Lipinski definition) is 4. The Bertz CT molecular complexity index is 341. The molecule has 0 bridgehead atoms. The average molecular weight is 251 g/mol. The molecule has 1 atom stereocenters. The summed E-state index contributed by atoms with van der Waals surface area (Å²) in [5.74, 6) is 2.19. The van der Waals surface area contributed by atoms with Gasteiger partial charge in [-0.3, -0.25) is 0 Å². The first-order chi connectivity index (χ1) is 8.75. The highest BCUT2D eigenvalue weighted by atomic mass is 16.5. The number of rotatable bonds is 4.